The van der Waals surface area contributed by atoms with Gasteiger partial charge in [-0.15, -0.1) is 24.0 Å². The SMILES string of the molecule is CCNC(=NCc1ccc(N2CCC(C)CC2)nc1)NCC1(CCOC)CCC1.I. The summed E-state index contributed by atoms with van der Waals surface area (Å²) >= 11 is 0. The van der Waals surface area contributed by atoms with Crippen molar-refractivity contribution in [3.8, 4) is 0 Å². The first kappa shape index (κ1) is 25.2. The average Bonchev–Trinajstić information content (AvgIpc) is 2.72. The second-order valence-electron chi connectivity index (χ2n) is 8.84. The molecule has 7 heteroatoms. The van der Waals surface area contributed by atoms with Gasteiger partial charge in [-0.05, 0) is 62.0 Å². The molecule has 0 bridgehead atoms. The minimum Gasteiger partial charge on any atom is -0.385 e. The predicted molar refractivity (Wildman–Crippen MR) is 136 cm³/mol. The van der Waals surface area contributed by atoms with Crippen LogP contribution in [-0.2, 0) is 11.3 Å². The van der Waals surface area contributed by atoms with E-state index >= 15 is 0 Å². The molecule has 1 saturated heterocycles. The Morgan fingerprint density at radius 3 is 2.60 bits per heavy atom. The summed E-state index contributed by atoms with van der Waals surface area (Å²) in [6.45, 7) is 9.99. The van der Waals surface area contributed by atoms with E-state index < -0.39 is 0 Å². The Morgan fingerprint density at radius 2 is 2.03 bits per heavy atom. The van der Waals surface area contributed by atoms with E-state index in [-0.39, 0.29) is 24.0 Å². The quantitative estimate of drug-likeness (QED) is 0.285. The molecule has 0 spiro atoms. The van der Waals surface area contributed by atoms with E-state index in [4.69, 9.17) is 14.7 Å². The first-order chi connectivity index (χ1) is 14.1. The molecule has 30 heavy (non-hydrogen) atoms. The Morgan fingerprint density at radius 1 is 1.27 bits per heavy atom. The molecule has 2 aliphatic rings. The van der Waals surface area contributed by atoms with E-state index in [0.29, 0.717) is 12.0 Å². The van der Waals surface area contributed by atoms with Crippen LogP contribution in [0.2, 0.25) is 0 Å². The van der Waals surface area contributed by atoms with Gasteiger partial charge in [0.1, 0.15) is 5.82 Å². The van der Waals surface area contributed by atoms with Crippen molar-refractivity contribution in [1.82, 2.24) is 15.6 Å². The number of hydrogen-bond acceptors (Lipinski definition) is 4. The summed E-state index contributed by atoms with van der Waals surface area (Å²) in [5.41, 5.74) is 1.52. The van der Waals surface area contributed by atoms with Crippen LogP contribution in [0.15, 0.2) is 23.3 Å². The second kappa shape index (κ2) is 12.7. The second-order valence-corrected chi connectivity index (χ2v) is 8.84. The summed E-state index contributed by atoms with van der Waals surface area (Å²) < 4.78 is 5.31. The van der Waals surface area contributed by atoms with E-state index in [1.54, 1.807) is 7.11 Å². The van der Waals surface area contributed by atoms with Gasteiger partial charge in [0.25, 0.3) is 0 Å². The maximum atomic E-state index is 5.31. The van der Waals surface area contributed by atoms with Crippen LogP contribution in [0.1, 0.15) is 57.9 Å². The van der Waals surface area contributed by atoms with E-state index in [9.17, 15) is 0 Å². The minimum absolute atomic E-state index is 0. The molecule has 1 aromatic rings. The zero-order chi connectivity index (χ0) is 20.5. The number of nitrogens with zero attached hydrogens (tertiary/aromatic N) is 3. The van der Waals surface area contributed by atoms with Gasteiger partial charge in [0.05, 0.1) is 6.54 Å². The molecule has 3 rings (SSSR count). The van der Waals surface area contributed by atoms with Gasteiger partial charge in [0.15, 0.2) is 5.96 Å². The van der Waals surface area contributed by atoms with Gasteiger partial charge in [-0.2, -0.15) is 0 Å². The third-order valence-corrected chi connectivity index (χ3v) is 6.56. The fraction of sp³-hybridized carbons (Fsp3) is 0.739. The lowest BCUT2D eigenvalue weighted by molar-refractivity contribution is 0.0732. The van der Waals surface area contributed by atoms with Crippen LogP contribution in [0.5, 0.6) is 0 Å². The molecular weight excluding hydrogens is 489 g/mol. The smallest absolute Gasteiger partial charge is 0.191 e. The Balaban J connectivity index is 0.00000320. The normalized spacial score (nSPS) is 19.0. The van der Waals surface area contributed by atoms with Crippen molar-refractivity contribution in [1.29, 1.82) is 0 Å². The van der Waals surface area contributed by atoms with Crippen LogP contribution in [0.4, 0.5) is 5.82 Å². The number of rotatable bonds is 9. The van der Waals surface area contributed by atoms with E-state index in [1.807, 2.05) is 6.20 Å². The maximum absolute atomic E-state index is 5.31. The van der Waals surface area contributed by atoms with Crippen molar-refractivity contribution in [3.05, 3.63) is 23.9 Å². The summed E-state index contributed by atoms with van der Waals surface area (Å²) in [5.74, 6) is 2.83. The van der Waals surface area contributed by atoms with Crippen molar-refractivity contribution in [3.63, 3.8) is 0 Å². The number of guanidine groups is 1. The predicted octanol–water partition coefficient (Wildman–Crippen LogP) is 4.20. The summed E-state index contributed by atoms with van der Waals surface area (Å²) in [7, 11) is 1.79. The lowest BCUT2D eigenvalue weighted by atomic mass is 9.67. The molecule has 0 radical (unpaired) electrons. The number of methoxy groups -OCH3 is 1. The lowest BCUT2D eigenvalue weighted by Crippen LogP contribution is -2.46. The van der Waals surface area contributed by atoms with E-state index in [2.05, 4.69) is 41.5 Å². The van der Waals surface area contributed by atoms with Gasteiger partial charge < -0.3 is 20.3 Å². The standard InChI is InChI=1S/C23H39N5O.HI/c1-4-24-22(27-18-23(10-5-11-23)12-15-29-3)26-17-20-6-7-21(25-16-20)28-13-8-19(2)9-14-28;/h6-7,16,19H,4-5,8-15,17-18H2,1-3H3,(H2,24,26,27);1H. The number of anilines is 1. The summed E-state index contributed by atoms with van der Waals surface area (Å²) in [4.78, 5) is 11.9. The number of pyridine rings is 1. The molecule has 2 fully saturated rings. The van der Waals surface area contributed by atoms with Crippen molar-refractivity contribution in [2.24, 2.45) is 16.3 Å². The fourth-order valence-corrected chi connectivity index (χ4v) is 4.23. The number of hydrogen-bond donors (Lipinski definition) is 2. The lowest BCUT2D eigenvalue weighted by Gasteiger charge is -2.42. The van der Waals surface area contributed by atoms with Crippen molar-refractivity contribution in [2.75, 3.05) is 44.8 Å². The highest BCUT2D eigenvalue weighted by atomic mass is 127. The topological polar surface area (TPSA) is 61.8 Å². The molecule has 1 saturated carbocycles. The first-order valence-corrected chi connectivity index (χ1v) is 11.3. The maximum Gasteiger partial charge on any atom is 0.191 e. The zero-order valence-electron chi connectivity index (χ0n) is 19.0. The van der Waals surface area contributed by atoms with Gasteiger partial charge in [-0.25, -0.2) is 9.98 Å². The molecule has 6 nitrogen and oxygen atoms in total. The van der Waals surface area contributed by atoms with Gasteiger partial charge >= 0.3 is 0 Å². The monoisotopic (exact) mass is 529 g/mol. The highest BCUT2D eigenvalue weighted by Gasteiger charge is 2.36. The molecule has 0 unspecified atom stereocenters. The van der Waals surface area contributed by atoms with Crippen LogP contribution < -0.4 is 15.5 Å². The Labute approximate surface area is 199 Å². The molecule has 0 aromatic carbocycles. The minimum atomic E-state index is 0. The summed E-state index contributed by atoms with van der Waals surface area (Å²) in [6.07, 6.45) is 9.51. The number of ether oxygens (including phenoxy) is 1. The number of piperidine rings is 1. The Hall–Kier alpha value is -1.09. The van der Waals surface area contributed by atoms with Gasteiger partial charge in [0.2, 0.25) is 0 Å². The number of nitrogens with one attached hydrogen (secondary N) is 2. The van der Waals surface area contributed by atoms with Crippen molar-refractivity contribution < 1.29 is 4.74 Å². The number of aromatic nitrogens is 1. The van der Waals surface area contributed by atoms with Gasteiger partial charge in [0, 0.05) is 46.1 Å². The molecule has 2 heterocycles. The summed E-state index contributed by atoms with van der Waals surface area (Å²) in [6, 6.07) is 4.31. The molecule has 170 valence electrons. The molecule has 1 aliphatic heterocycles. The molecule has 1 aliphatic carbocycles. The molecule has 2 N–H and O–H groups in total. The highest BCUT2D eigenvalue weighted by Crippen LogP contribution is 2.43. The van der Waals surface area contributed by atoms with E-state index in [0.717, 1.165) is 62.5 Å². The fourth-order valence-electron chi connectivity index (χ4n) is 4.23. The van der Waals surface area contributed by atoms with Crippen molar-refractivity contribution in [2.45, 2.75) is 58.9 Å². The van der Waals surface area contributed by atoms with Crippen LogP contribution in [-0.4, -0.2) is 50.8 Å². The van der Waals surface area contributed by atoms with Crippen LogP contribution in [0.3, 0.4) is 0 Å². The molecule has 0 atom stereocenters. The molecule has 0 amide bonds. The van der Waals surface area contributed by atoms with Crippen molar-refractivity contribution >= 4 is 35.8 Å². The van der Waals surface area contributed by atoms with Gasteiger partial charge in [-0.3, -0.25) is 0 Å². The summed E-state index contributed by atoms with van der Waals surface area (Å²) in [5, 5.41) is 6.94. The average molecular weight is 530 g/mol. The Kier molecular flexibility index (Phi) is 10.6. The number of aliphatic imine (C=N–C) groups is 1. The van der Waals surface area contributed by atoms with E-state index in [1.165, 1.54) is 32.1 Å². The van der Waals surface area contributed by atoms with Crippen LogP contribution in [0.25, 0.3) is 0 Å². The largest absolute Gasteiger partial charge is 0.385 e. The molecule has 1 aromatic heterocycles. The Bertz CT molecular complexity index is 639. The zero-order valence-corrected chi connectivity index (χ0v) is 21.3. The molecular formula is C23H40IN5O. The first-order valence-electron chi connectivity index (χ1n) is 11.3. The highest BCUT2D eigenvalue weighted by molar-refractivity contribution is 14.0. The van der Waals surface area contributed by atoms with Crippen LogP contribution in [0, 0.1) is 11.3 Å². The van der Waals surface area contributed by atoms with Crippen LogP contribution >= 0.6 is 24.0 Å². The number of halogens is 1. The third kappa shape index (κ3) is 7.25. The third-order valence-electron chi connectivity index (χ3n) is 6.56. The van der Waals surface area contributed by atoms with Gasteiger partial charge in [-0.1, -0.05) is 19.4 Å².